The lowest BCUT2D eigenvalue weighted by molar-refractivity contribution is -0.0946. The normalized spacial score (nSPS) is 20.4. The molecule has 0 aromatic heterocycles. The first-order valence-corrected chi connectivity index (χ1v) is 12.3. The van der Waals surface area contributed by atoms with E-state index >= 15 is 0 Å². The monoisotopic (exact) mass is 534 g/mol. The van der Waals surface area contributed by atoms with Gasteiger partial charge in [0.25, 0.3) is 0 Å². The second-order valence-corrected chi connectivity index (χ2v) is 10.6. The summed E-state index contributed by atoms with van der Waals surface area (Å²) in [5.74, 6) is -0.288. The van der Waals surface area contributed by atoms with Crippen molar-refractivity contribution in [2.24, 2.45) is 4.99 Å². The van der Waals surface area contributed by atoms with Crippen LogP contribution in [-0.4, -0.2) is 26.9 Å². The Morgan fingerprint density at radius 2 is 1.70 bits per heavy atom. The molecule has 0 bridgehead atoms. The number of allylic oxidation sites excluding steroid dienone is 2. The van der Waals surface area contributed by atoms with Crippen LogP contribution in [0.15, 0.2) is 69.6 Å². The molecule has 0 radical (unpaired) electrons. The molecule has 0 amide bonds. The lowest BCUT2D eigenvalue weighted by atomic mass is 9.85. The Balaban J connectivity index is 1.64. The number of benzene rings is 2. The molecule has 174 valence electrons. The van der Waals surface area contributed by atoms with Gasteiger partial charge in [0.2, 0.25) is 10.0 Å². The highest BCUT2D eigenvalue weighted by atomic mass is 35.5. The molecule has 4 rings (SSSR count). The van der Waals surface area contributed by atoms with Crippen LogP contribution in [0.5, 0.6) is 0 Å². The molecule has 4 nitrogen and oxygen atoms in total. The zero-order valence-corrected chi connectivity index (χ0v) is 19.8. The van der Waals surface area contributed by atoms with Crippen LogP contribution in [0.1, 0.15) is 24.3 Å². The molecule has 1 heterocycles. The van der Waals surface area contributed by atoms with E-state index < -0.39 is 34.2 Å². The molecule has 0 spiro atoms. The molecule has 0 saturated heterocycles. The molecular weight excluding hydrogens is 520 g/mol. The largest absolute Gasteiger partial charge is 0.412 e. The van der Waals surface area contributed by atoms with Crippen molar-refractivity contribution in [1.82, 2.24) is 4.72 Å². The van der Waals surface area contributed by atoms with Gasteiger partial charge in [0.05, 0.1) is 20.6 Å². The van der Waals surface area contributed by atoms with E-state index in [0.717, 1.165) is 11.6 Å². The van der Waals surface area contributed by atoms with Crippen molar-refractivity contribution in [1.29, 1.82) is 0 Å². The highest BCUT2D eigenvalue weighted by Crippen LogP contribution is 2.42. The Kier molecular flexibility index (Phi) is 6.68. The van der Waals surface area contributed by atoms with Gasteiger partial charge >= 0.3 is 6.18 Å². The predicted molar refractivity (Wildman–Crippen MR) is 124 cm³/mol. The van der Waals surface area contributed by atoms with Crippen LogP contribution in [0.25, 0.3) is 0 Å². The Morgan fingerprint density at radius 3 is 2.36 bits per heavy atom. The number of halogens is 6. The van der Waals surface area contributed by atoms with Gasteiger partial charge in [0.1, 0.15) is 0 Å². The van der Waals surface area contributed by atoms with Crippen molar-refractivity contribution in [3.8, 4) is 0 Å². The third-order valence-corrected chi connectivity index (χ3v) is 7.94. The number of aliphatic imine (C=N–C) groups is 1. The molecule has 1 aliphatic carbocycles. The average Bonchev–Trinajstić information content (AvgIpc) is 3.10. The summed E-state index contributed by atoms with van der Waals surface area (Å²) in [7, 11) is -4.10. The second-order valence-electron chi connectivity index (χ2n) is 7.68. The van der Waals surface area contributed by atoms with Crippen LogP contribution < -0.4 is 4.72 Å². The van der Waals surface area contributed by atoms with Crippen LogP contribution in [0, 0.1) is 0 Å². The molecule has 2 aromatic rings. The third kappa shape index (κ3) is 5.30. The zero-order chi connectivity index (χ0) is 24.0. The molecule has 11 heteroatoms. The summed E-state index contributed by atoms with van der Waals surface area (Å²) in [6.07, 6.45) is -0.872. The summed E-state index contributed by atoms with van der Waals surface area (Å²) in [5.41, 5.74) is 1.08. The lowest BCUT2D eigenvalue weighted by Gasteiger charge is -2.28. The van der Waals surface area contributed by atoms with E-state index in [1.54, 1.807) is 18.3 Å². The number of nitrogens with zero attached hydrogens (tertiary/aromatic N) is 1. The smallest absolute Gasteiger partial charge is 0.260 e. The number of fused-ring (bicyclic) bond motifs is 1. The minimum Gasteiger partial charge on any atom is -0.260 e. The average molecular weight is 536 g/mol. The zero-order valence-electron chi connectivity index (χ0n) is 16.7. The molecule has 2 unspecified atom stereocenters. The van der Waals surface area contributed by atoms with E-state index in [2.05, 4.69) is 9.71 Å². The number of rotatable bonds is 5. The molecule has 1 aliphatic heterocycles. The maximum Gasteiger partial charge on any atom is 0.412 e. The minimum absolute atomic E-state index is 0.0939. The minimum atomic E-state index is -4.57. The van der Waals surface area contributed by atoms with E-state index in [0.29, 0.717) is 26.3 Å². The van der Waals surface area contributed by atoms with Crippen molar-refractivity contribution in [2.45, 2.75) is 35.9 Å². The second kappa shape index (κ2) is 9.07. The fourth-order valence-electron chi connectivity index (χ4n) is 3.78. The van der Waals surface area contributed by atoms with Gasteiger partial charge in [0, 0.05) is 28.8 Å². The molecule has 0 saturated carbocycles. The topological polar surface area (TPSA) is 58.5 Å². The van der Waals surface area contributed by atoms with E-state index in [9.17, 15) is 21.6 Å². The maximum atomic E-state index is 13.4. The molecule has 2 atom stereocenters. The van der Waals surface area contributed by atoms with Gasteiger partial charge in [-0.2, -0.15) is 13.2 Å². The predicted octanol–water partition coefficient (Wildman–Crippen LogP) is 7.00. The Hall–Kier alpha value is -1.84. The lowest BCUT2D eigenvalue weighted by Crippen LogP contribution is -2.39. The highest BCUT2D eigenvalue weighted by molar-refractivity contribution is 7.89. The summed E-state index contributed by atoms with van der Waals surface area (Å²) >= 11 is 18.0. The van der Waals surface area contributed by atoms with Crippen LogP contribution >= 0.6 is 34.8 Å². The van der Waals surface area contributed by atoms with Crippen molar-refractivity contribution >= 4 is 56.7 Å². The van der Waals surface area contributed by atoms with E-state index in [4.69, 9.17) is 34.8 Å². The van der Waals surface area contributed by atoms with Crippen LogP contribution in [0.4, 0.5) is 18.9 Å². The van der Waals surface area contributed by atoms with Gasteiger partial charge in [-0.05, 0) is 54.8 Å². The molecule has 2 aromatic carbocycles. The van der Waals surface area contributed by atoms with Crippen LogP contribution in [0.3, 0.4) is 0 Å². The maximum absolute atomic E-state index is 13.4. The fraction of sp³-hybridized carbons (Fsp3) is 0.227. The van der Waals surface area contributed by atoms with Crippen molar-refractivity contribution in [2.75, 3.05) is 0 Å². The molecule has 1 N–H and O–H groups in total. The van der Waals surface area contributed by atoms with Gasteiger partial charge in [-0.1, -0.05) is 52.5 Å². The van der Waals surface area contributed by atoms with Crippen LogP contribution in [0.2, 0.25) is 15.1 Å². The molecular formula is C22H16Cl3F3N2O2S. The van der Waals surface area contributed by atoms with Crippen molar-refractivity contribution in [3.63, 3.8) is 0 Å². The number of hydrogen-bond acceptors (Lipinski definition) is 3. The standard InChI is InChI=1S/C22H16Cl3F3N2O2S/c23-15-3-5-16(6-4-15)33(31,32)30-20-8-14(22(26,27)28)2-1-12(20)7-13-11-29-21-10-19(25)18(24)9-17(13)21/h1-6,9-11,13,20,30H,7-8H2. The van der Waals surface area contributed by atoms with Gasteiger partial charge in [-0.15, -0.1) is 0 Å². The first-order chi connectivity index (χ1) is 15.4. The van der Waals surface area contributed by atoms with Gasteiger partial charge < -0.3 is 0 Å². The highest BCUT2D eigenvalue weighted by Gasteiger charge is 2.38. The summed E-state index contributed by atoms with van der Waals surface area (Å²) < 4.78 is 68.4. The summed E-state index contributed by atoms with van der Waals surface area (Å²) in [6.45, 7) is 0. The number of sulfonamides is 1. The first kappa shape index (κ1) is 24.3. The van der Waals surface area contributed by atoms with Crippen molar-refractivity contribution in [3.05, 3.63) is 80.3 Å². The SMILES string of the molecule is O=S(=O)(NC1CC(C(F)(F)F)=CC=C1CC1C=Nc2cc(Cl)c(Cl)cc21)c1ccc(Cl)cc1. The number of hydrogen-bond donors (Lipinski definition) is 1. The van der Waals surface area contributed by atoms with Crippen molar-refractivity contribution < 1.29 is 21.6 Å². The van der Waals surface area contributed by atoms with Crippen LogP contribution in [-0.2, 0) is 10.0 Å². The first-order valence-electron chi connectivity index (χ1n) is 9.72. The number of alkyl halides is 3. The summed E-state index contributed by atoms with van der Waals surface area (Å²) in [6, 6.07) is 7.59. The number of nitrogens with one attached hydrogen (secondary N) is 1. The Bertz CT molecular complexity index is 1290. The Labute approximate surface area is 203 Å². The molecule has 33 heavy (non-hydrogen) atoms. The fourth-order valence-corrected chi connectivity index (χ4v) is 5.47. The molecule has 0 fully saturated rings. The summed E-state index contributed by atoms with van der Waals surface area (Å²) in [4.78, 5) is 4.22. The van der Waals surface area contributed by atoms with Gasteiger partial charge in [-0.3, -0.25) is 4.99 Å². The van der Waals surface area contributed by atoms with Gasteiger partial charge in [-0.25, -0.2) is 13.1 Å². The Morgan fingerprint density at radius 1 is 1.03 bits per heavy atom. The van der Waals surface area contributed by atoms with E-state index in [1.807, 2.05) is 0 Å². The quantitative estimate of drug-likeness (QED) is 0.448. The van der Waals surface area contributed by atoms with Gasteiger partial charge in [0.15, 0.2) is 0 Å². The third-order valence-electron chi connectivity index (χ3n) is 5.47. The van der Waals surface area contributed by atoms with E-state index in [1.165, 1.54) is 30.3 Å². The van der Waals surface area contributed by atoms with E-state index in [-0.39, 0.29) is 17.2 Å². The molecule has 2 aliphatic rings. The summed E-state index contributed by atoms with van der Waals surface area (Å²) in [5, 5.41) is 1.02.